The van der Waals surface area contributed by atoms with Crippen LogP contribution in [0.15, 0.2) is 18.5 Å². The number of anilines is 1. The van der Waals surface area contributed by atoms with E-state index in [9.17, 15) is 9.59 Å². The Kier molecular flexibility index (Phi) is 5.27. The lowest BCUT2D eigenvalue weighted by Crippen LogP contribution is -2.52. The van der Waals surface area contributed by atoms with Gasteiger partial charge in [0.2, 0.25) is 17.8 Å². The van der Waals surface area contributed by atoms with Gasteiger partial charge in [-0.05, 0) is 18.9 Å². The number of carbonyl (C=O) groups is 2. The number of amides is 2. The predicted octanol–water partition coefficient (Wildman–Crippen LogP) is 0.774. The van der Waals surface area contributed by atoms with E-state index in [-0.39, 0.29) is 17.7 Å². The van der Waals surface area contributed by atoms with Gasteiger partial charge in [0.15, 0.2) is 0 Å². The second kappa shape index (κ2) is 7.59. The van der Waals surface area contributed by atoms with Gasteiger partial charge in [-0.2, -0.15) is 0 Å². The summed E-state index contributed by atoms with van der Waals surface area (Å²) in [5, 5.41) is 0. The lowest BCUT2D eigenvalue weighted by Gasteiger charge is -2.38. The highest BCUT2D eigenvalue weighted by Gasteiger charge is 2.31. The molecule has 0 atom stereocenters. The Hall–Kier alpha value is -2.18. The zero-order valence-electron chi connectivity index (χ0n) is 14.2. The molecule has 3 rings (SSSR count). The quantitative estimate of drug-likeness (QED) is 0.818. The van der Waals surface area contributed by atoms with Gasteiger partial charge in [0.05, 0.1) is 0 Å². The first-order valence-corrected chi connectivity index (χ1v) is 8.77. The summed E-state index contributed by atoms with van der Waals surface area (Å²) in [4.78, 5) is 38.9. The standard InChI is InChI=1S/C17H25N5O2/c1-2-15(23)20-8-4-14(5-9-20)16(24)21-10-12-22(13-11-21)17-18-6-3-7-19-17/h3,6-7,14H,2,4-5,8-13H2,1H3. The molecule has 1 aromatic rings. The summed E-state index contributed by atoms with van der Waals surface area (Å²) in [6.07, 6.45) is 5.60. The third-order valence-electron chi connectivity index (χ3n) is 4.93. The molecular formula is C17H25N5O2. The van der Waals surface area contributed by atoms with Crippen LogP contribution in [0.1, 0.15) is 26.2 Å². The van der Waals surface area contributed by atoms with Crippen molar-refractivity contribution in [3.8, 4) is 0 Å². The van der Waals surface area contributed by atoms with Crippen molar-refractivity contribution in [2.45, 2.75) is 26.2 Å². The van der Waals surface area contributed by atoms with E-state index >= 15 is 0 Å². The zero-order valence-corrected chi connectivity index (χ0v) is 14.2. The van der Waals surface area contributed by atoms with Crippen LogP contribution in [0.3, 0.4) is 0 Å². The Bertz CT molecular complexity index is 564. The molecule has 0 radical (unpaired) electrons. The van der Waals surface area contributed by atoms with E-state index in [4.69, 9.17) is 0 Å². The molecule has 3 heterocycles. The second-order valence-electron chi connectivity index (χ2n) is 6.37. The lowest BCUT2D eigenvalue weighted by atomic mass is 9.94. The van der Waals surface area contributed by atoms with Gasteiger partial charge in [-0.25, -0.2) is 9.97 Å². The van der Waals surface area contributed by atoms with Crippen molar-refractivity contribution in [3.63, 3.8) is 0 Å². The molecule has 0 spiro atoms. The summed E-state index contributed by atoms with van der Waals surface area (Å²) in [6.45, 7) is 6.26. The number of aromatic nitrogens is 2. The molecule has 2 aliphatic heterocycles. The van der Waals surface area contributed by atoms with Crippen molar-refractivity contribution in [1.82, 2.24) is 19.8 Å². The fourth-order valence-electron chi connectivity index (χ4n) is 3.44. The van der Waals surface area contributed by atoms with Gasteiger partial charge in [-0.3, -0.25) is 9.59 Å². The highest BCUT2D eigenvalue weighted by molar-refractivity contribution is 5.80. The van der Waals surface area contributed by atoms with Crippen LogP contribution in [-0.2, 0) is 9.59 Å². The Balaban J connectivity index is 1.48. The zero-order chi connectivity index (χ0) is 16.9. The van der Waals surface area contributed by atoms with Crippen LogP contribution in [0, 0.1) is 5.92 Å². The van der Waals surface area contributed by atoms with Crippen molar-refractivity contribution in [2.24, 2.45) is 5.92 Å². The molecule has 7 nitrogen and oxygen atoms in total. The van der Waals surface area contributed by atoms with E-state index in [1.165, 1.54) is 0 Å². The highest BCUT2D eigenvalue weighted by atomic mass is 16.2. The van der Waals surface area contributed by atoms with E-state index in [2.05, 4.69) is 14.9 Å². The molecule has 0 aliphatic carbocycles. The molecule has 0 saturated carbocycles. The number of rotatable bonds is 3. The van der Waals surface area contributed by atoms with Gasteiger partial charge in [-0.15, -0.1) is 0 Å². The summed E-state index contributed by atoms with van der Waals surface area (Å²) < 4.78 is 0. The summed E-state index contributed by atoms with van der Waals surface area (Å²) in [6, 6.07) is 1.80. The van der Waals surface area contributed by atoms with E-state index < -0.39 is 0 Å². The summed E-state index contributed by atoms with van der Waals surface area (Å²) >= 11 is 0. The Labute approximate surface area is 142 Å². The third-order valence-corrected chi connectivity index (χ3v) is 4.93. The minimum Gasteiger partial charge on any atom is -0.343 e. The van der Waals surface area contributed by atoms with Gasteiger partial charge >= 0.3 is 0 Å². The van der Waals surface area contributed by atoms with Gasteiger partial charge in [0.25, 0.3) is 0 Å². The maximum atomic E-state index is 12.7. The first-order valence-electron chi connectivity index (χ1n) is 8.77. The minimum absolute atomic E-state index is 0.0606. The topological polar surface area (TPSA) is 69.6 Å². The molecule has 0 bridgehead atoms. The number of likely N-dealkylation sites (tertiary alicyclic amines) is 1. The first kappa shape index (κ1) is 16.7. The van der Waals surface area contributed by atoms with Gasteiger partial charge in [-0.1, -0.05) is 6.92 Å². The molecule has 0 N–H and O–H groups in total. The Morgan fingerprint density at radius 3 is 2.21 bits per heavy atom. The summed E-state index contributed by atoms with van der Waals surface area (Å²) in [7, 11) is 0. The third kappa shape index (κ3) is 3.66. The normalized spacial score (nSPS) is 19.5. The van der Waals surface area contributed by atoms with Crippen LogP contribution in [0.25, 0.3) is 0 Å². The van der Waals surface area contributed by atoms with Crippen molar-refractivity contribution < 1.29 is 9.59 Å². The van der Waals surface area contributed by atoms with Crippen molar-refractivity contribution >= 4 is 17.8 Å². The molecule has 2 amide bonds. The van der Waals surface area contributed by atoms with Crippen LogP contribution in [0.4, 0.5) is 5.95 Å². The number of piperazine rings is 1. The van der Waals surface area contributed by atoms with E-state index in [0.29, 0.717) is 32.6 Å². The smallest absolute Gasteiger partial charge is 0.225 e. The molecule has 1 aromatic heterocycles. The van der Waals surface area contributed by atoms with Gasteiger partial charge < -0.3 is 14.7 Å². The van der Waals surface area contributed by atoms with E-state index in [0.717, 1.165) is 31.9 Å². The van der Waals surface area contributed by atoms with Crippen LogP contribution >= 0.6 is 0 Å². The average molecular weight is 331 g/mol. The minimum atomic E-state index is 0.0606. The predicted molar refractivity (Wildman–Crippen MR) is 90.4 cm³/mol. The summed E-state index contributed by atoms with van der Waals surface area (Å²) in [5.74, 6) is 1.23. The molecule has 7 heteroatoms. The fraction of sp³-hybridized carbons (Fsp3) is 0.647. The van der Waals surface area contributed by atoms with E-state index in [1.807, 2.05) is 16.7 Å². The van der Waals surface area contributed by atoms with Crippen molar-refractivity contribution in [2.75, 3.05) is 44.2 Å². The van der Waals surface area contributed by atoms with Crippen LogP contribution in [0.2, 0.25) is 0 Å². The second-order valence-corrected chi connectivity index (χ2v) is 6.37. The van der Waals surface area contributed by atoms with Crippen molar-refractivity contribution in [3.05, 3.63) is 18.5 Å². The number of hydrogen-bond acceptors (Lipinski definition) is 5. The maximum absolute atomic E-state index is 12.7. The van der Waals surface area contributed by atoms with Gasteiger partial charge in [0.1, 0.15) is 0 Å². The molecule has 2 aliphatic rings. The van der Waals surface area contributed by atoms with Gasteiger partial charge in [0, 0.05) is 64.0 Å². The number of piperidine rings is 1. The monoisotopic (exact) mass is 331 g/mol. The Morgan fingerprint density at radius 1 is 1.00 bits per heavy atom. The first-order chi connectivity index (χ1) is 11.7. The number of carbonyl (C=O) groups excluding carboxylic acids is 2. The molecule has 0 aromatic carbocycles. The molecule has 2 fully saturated rings. The average Bonchev–Trinajstić information content (AvgIpc) is 2.68. The SMILES string of the molecule is CCC(=O)N1CCC(C(=O)N2CCN(c3ncccn3)CC2)CC1. The van der Waals surface area contributed by atoms with Crippen LogP contribution < -0.4 is 4.90 Å². The molecule has 2 saturated heterocycles. The molecule has 24 heavy (non-hydrogen) atoms. The van der Waals surface area contributed by atoms with Crippen LogP contribution in [-0.4, -0.2) is 70.9 Å². The highest BCUT2D eigenvalue weighted by Crippen LogP contribution is 2.21. The lowest BCUT2D eigenvalue weighted by molar-refractivity contribution is -0.140. The molecule has 130 valence electrons. The fourth-order valence-corrected chi connectivity index (χ4v) is 3.44. The number of hydrogen-bond donors (Lipinski definition) is 0. The maximum Gasteiger partial charge on any atom is 0.225 e. The largest absolute Gasteiger partial charge is 0.343 e. The van der Waals surface area contributed by atoms with E-state index in [1.54, 1.807) is 18.5 Å². The van der Waals surface area contributed by atoms with Crippen molar-refractivity contribution in [1.29, 1.82) is 0 Å². The number of nitrogens with zero attached hydrogens (tertiary/aromatic N) is 5. The van der Waals surface area contributed by atoms with Crippen LogP contribution in [0.5, 0.6) is 0 Å². The Morgan fingerprint density at radius 2 is 1.62 bits per heavy atom. The molecular weight excluding hydrogens is 306 g/mol. The molecule has 0 unspecified atom stereocenters. The summed E-state index contributed by atoms with van der Waals surface area (Å²) in [5.41, 5.74) is 0.